The molecule has 0 fully saturated rings. The third-order valence-corrected chi connectivity index (χ3v) is 2.55. The molecule has 0 aliphatic heterocycles. The van der Waals surface area contributed by atoms with Crippen LogP contribution in [0.3, 0.4) is 0 Å². The summed E-state index contributed by atoms with van der Waals surface area (Å²) >= 11 is 0. The number of hydrogen-bond acceptors (Lipinski definition) is 4. The average molecular weight is 246 g/mol. The van der Waals surface area contributed by atoms with Crippen molar-refractivity contribution in [2.45, 2.75) is 39.2 Å². The first-order chi connectivity index (χ1) is 8.74. The Balaban J connectivity index is 1.79. The van der Waals surface area contributed by atoms with Gasteiger partial charge >= 0.3 is 0 Å². The zero-order valence-electron chi connectivity index (χ0n) is 10.8. The molecule has 0 aliphatic carbocycles. The van der Waals surface area contributed by atoms with E-state index in [-0.39, 0.29) is 6.10 Å². The van der Waals surface area contributed by atoms with Crippen molar-refractivity contribution < 1.29 is 4.74 Å². The largest absolute Gasteiger partial charge is 0.491 e. The lowest BCUT2D eigenvalue weighted by Crippen LogP contribution is -2.05. The second-order valence-corrected chi connectivity index (χ2v) is 4.49. The van der Waals surface area contributed by atoms with Gasteiger partial charge in [-0.3, -0.25) is 0 Å². The molecule has 0 atom stereocenters. The molecule has 2 aromatic rings. The molecular formula is C13H18N4O. The van der Waals surface area contributed by atoms with Crippen LogP contribution in [0, 0.1) is 0 Å². The van der Waals surface area contributed by atoms with Crippen molar-refractivity contribution in [3.8, 4) is 5.75 Å². The van der Waals surface area contributed by atoms with Gasteiger partial charge in [0.1, 0.15) is 5.75 Å². The molecule has 5 nitrogen and oxygen atoms in total. The molecule has 1 aromatic carbocycles. The average Bonchev–Trinajstić information content (AvgIpc) is 2.84. The smallest absolute Gasteiger partial charge is 0.174 e. The predicted molar refractivity (Wildman–Crippen MR) is 68.4 cm³/mol. The lowest BCUT2D eigenvalue weighted by Gasteiger charge is -2.09. The lowest BCUT2D eigenvalue weighted by molar-refractivity contribution is 0.242. The molecule has 0 radical (unpaired) electrons. The quantitative estimate of drug-likeness (QED) is 0.848. The summed E-state index contributed by atoms with van der Waals surface area (Å²) in [5.41, 5.74) is 1.30. The Labute approximate surface area is 107 Å². The predicted octanol–water partition coefficient (Wildman–Crippen LogP) is 2.16. The summed E-state index contributed by atoms with van der Waals surface area (Å²) < 4.78 is 5.60. The molecule has 0 bridgehead atoms. The molecule has 0 saturated carbocycles. The number of ether oxygens (including phenoxy) is 1. The summed E-state index contributed by atoms with van der Waals surface area (Å²) in [6.07, 6.45) is 3.09. The lowest BCUT2D eigenvalue weighted by atomic mass is 10.1. The summed E-state index contributed by atoms with van der Waals surface area (Å²) in [4.78, 5) is 0. The van der Waals surface area contributed by atoms with Gasteiger partial charge in [0.05, 0.1) is 6.10 Å². The Morgan fingerprint density at radius 3 is 2.56 bits per heavy atom. The zero-order valence-corrected chi connectivity index (χ0v) is 10.8. The van der Waals surface area contributed by atoms with Gasteiger partial charge in [-0.1, -0.05) is 17.3 Å². The van der Waals surface area contributed by atoms with Gasteiger partial charge in [-0.2, -0.15) is 5.21 Å². The van der Waals surface area contributed by atoms with Crippen LogP contribution in [0.25, 0.3) is 0 Å². The minimum atomic E-state index is 0.217. The highest BCUT2D eigenvalue weighted by atomic mass is 16.5. The highest BCUT2D eigenvalue weighted by molar-refractivity contribution is 5.27. The fraction of sp³-hybridized carbons (Fsp3) is 0.462. The Kier molecular flexibility index (Phi) is 4.28. The monoisotopic (exact) mass is 246 g/mol. The summed E-state index contributed by atoms with van der Waals surface area (Å²) in [6, 6.07) is 8.25. The van der Waals surface area contributed by atoms with Gasteiger partial charge < -0.3 is 4.74 Å². The topological polar surface area (TPSA) is 63.7 Å². The molecule has 1 heterocycles. The van der Waals surface area contributed by atoms with Crippen LogP contribution in [0.15, 0.2) is 24.3 Å². The molecule has 0 unspecified atom stereocenters. The number of aromatic nitrogens is 4. The van der Waals surface area contributed by atoms with Gasteiger partial charge in [0, 0.05) is 6.42 Å². The summed E-state index contributed by atoms with van der Waals surface area (Å²) in [7, 11) is 0. The number of hydrogen-bond donors (Lipinski definition) is 1. The van der Waals surface area contributed by atoms with E-state index in [2.05, 4.69) is 32.8 Å². The van der Waals surface area contributed by atoms with Crippen molar-refractivity contribution in [1.29, 1.82) is 0 Å². The summed E-state index contributed by atoms with van der Waals surface area (Å²) in [6.45, 7) is 4.05. The normalized spacial score (nSPS) is 10.8. The molecule has 0 saturated heterocycles. The van der Waals surface area contributed by atoms with Crippen molar-refractivity contribution in [1.82, 2.24) is 20.6 Å². The van der Waals surface area contributed by atoms with Gasteiger partial charge in [0.2, 0.25) is 0 Å². The van der Waals surface area contributed by atoms with Crippen LogP contribution in [0.5, 0.6) is 5.75 Å². The van der Waals surface area contributed by atoms with Crippen LogP contribution in [0.4, 0.5) is 0 Å². The Bertz CT molecular complexity index is 450. The van der Waals surface area contributed by atoms with Crippen molar-refractivity contribution in [3.05, 3.63) is 35.7 Å². The minimum Gasteiger partial charge on any atom is -0.491 e. The highest BCUT2D eigenvalue weighted by Crippen LogP contribution is 2.15. The Hall–Kier alpha value is -1.91. The third-order valence-electron chi connectivity index (χ3n) is 2.55. The first kappa shape index (κ1) is 12.5. The van der Waals surface area contributed by atoms with Crippen LogP contribution in [-0.2, 0) is 12.8 Å². The van der Waals surface area contributed by atoms with Gasteiger partial charge in [-0.15, -0.1) is 10.2 Å². The molecule has 0 amide bonds. The van der Waals surface area contributed by atoms with Gasteiger partial charge in [0.25, 0.3) is 0 Å². The van der Waals surface area contributed by atoms with E-state index >= 15 is 0 Å². The number of aryl methyl sites for hydroxylation is 2. The van der Waals surface area contributed by atoms with E-state index in [0.717, 1.165) is 30.8 Å². The number of nitrogens with zero attached hydrogens (tertiary/aromatic N) is 3. The highest BCUT2D eigenvalue weighted by Gasteiger charge is 2.00. The molecule has 1 N–H and O–H groups in total. The molecule has 0 aliphatic rings. The molecule has 5 heteroatoms. The van der Waals surface area contributed by atoms with E-state index in [1.54, 1.807) is 0 Å². The van der Waals surface area contributed by atoms with E-state index < -0.39 is 0 Å². The second-order valence-electron chi connectivity index (χ2n) is 4.49. The van der Waals surface area contributed by atoms with Crippen molar-refractivity contribution in [2.75, 3.05) is 0 Å². The Morgan fingerprint density at radius 2 is 1.94 bits per heavy atom. The number of rotatable bonds is 6. The van der Waals surface area contributed by atoms with Gasteiger partial charge in [0.15, 0.2) is 5.82 Å². The van der Waals surface area contributed by atoms with Crippen LogP contribution >= 0.6 is 0 Å². The Morgan fingerprint density at radius 1 is 1.17 bits per heavy atom. The molecule has 0 spiro atoms. The van der Waals surface area contributed by atoms with E-state index in [4.69, 9.17) is 4.74 Å². The maximum atomic E-state index is 5.60. The molecule has 18 heavy (non-hydrogen) atoms. The van der Waals surface area contributed by atoms with Crippen LogP contribution in [-0.4, -0.2) is 26.7 Å². The standard InChI is InChI=1S/C13H18N4O/c1-10(2)18-12-8-6-11(7-9-12)4-3-5-13-14-16-17-15-13/h6-10H,3-5H2,1-2H3,(H,14,15,16,17). The number of H-pyrrole nitrogens is 1. The van der Waals surface area contributed by atoms with Crippen molar-refractivity contribution in [3.63, 3.8) is 0 Å². The second kappa shape index (κ2) is 6.14. The number of tetrazole rings is 1. The maximum Gasteiger partial charge on any atom is 0.174 e. The van der Waals surface area contributed by atoms with E-state index in [1.807, 2.05) is 26.0 Å². The van der Waals surface area contributed by atoms with E-state index in [0.29, 0.717) is 0 Å². The van der Waals surface area contributed by atoms with Crippen molar-refractivity contribution >= 4 is 0 Å². The zero-order chi connectivity index (χ0) is 12.8. The molecule has 96 valence electrons. The fourth-order valence-corrected chi connectivity index (χ4v) is 1.75. The van der Waals surface area contributed by atoms with Crippen molar-refractivity contribution in [2.24, 2.45) is 0 Å². The minimum absolute atomic E-state index is 0.217. The van der Waals surface area contributed by atoms with Gasteiger partial charge in [-0.25, -0.2) is 0 Å². The number of benzene rings is 1. The molecule has 1 aromatic heterocycles. The van der Waals surface area contributed by atoms with Crippen LogP contribution < -0.4 is 4.74 Å². The first-order valence-electron chi connectivity index (χ1n) is 6.22. The maximum absolute atomic E-state index is 5.60. The van der Waals surface area contributed by atoms with Gasteiger partial charge in [-0.05, 0) is 44.4 Å². The number of aromatic amines is 1. The molecule has 2 rings (SSSR count). The van der Waals surface area contributed by atoms with Crippen LogP contribution in [0.2, 0.25) is 0 Å². The summed E-state index contributed by atoms with van der Waals surface area (Å²) in [5.74, 6) is 1.70. The SMILES string of the molecule is CC(C)Oc1ccc(CCCc2nn[nH]n2)cc1. The third kappa shape index (κ3) is 3.84. The molecular weight excluding hydrogens is 228 g/mol. The summed E-state index contributed by atoms with van der Waals surface area (Å²) in [5, 5.41) is 13.8. The van der Waals surface area contributed by atoms with E-state index in [1.165, 1.54) is 5.56 Å². The van der Waals surface area contributed by atoms with Crippen LogP contribution in [0.1, 0.15) is 31.7 Å². The number of nitrogens with one attached hydrogen (secondary N) is 1. The van der Waals surface area contributed by atoms with E-state index in [9.17, 15) is 0 Å². The fourth-order valence-electron chi connectivity index (χ4n) is 1.75. The first-order valence-corrected chi connectivity index (χ1v) is 6.22.